The fourth-order valence-electron chi connectivity index (χ4n) is 2.07. The van der Waals surface area contributed by atoms with Crippen molar-refractivity contribution in [2.75, 3.05) is 19.7 Å². The summed E-state index contributed by atoms with van der Waals surface area (Å²) in [5.74, 6) is 1.17. The number of hydrogen-bond acceptors (Lipinski definition) is 2. The van der Waals surface area contributed by atoms with E-state index in [-0.39, 0.29) is 36.3 Å². The molecule has 1 aromatic rings. The van der Waals surface area contributed by atoms with Crippen molar-refractivity contribution in [3.05, 3.63) is 29.8 Å². The number of ether oxygens (including phenoxy) is 1. The summed E-state index contributed by atoms with van der Waals surface area (Å²) in [5, 5.41) is 2.88. The second-order valence-corrected chi connectivity index (χ2v) is 5.32. The highest BCUT2D eigenvalue weighted by Gasteiger charge is 2.30. The average molecular weight is 443 g/mol. The fraction of sp³-hybridized carbons (Fsp3) is 0.533. The Balaban J connectivity index is 0.00000264. The molecule has 1 aliphatic rings. The Morgan fingerprint density at radius 2 is 2.09 bits per heavy atom. The monoisotopic (exact) mass is 443 g/mol. The highest BCUT2D eigenvalue weighted by molar-refractivity contribution is 14.0. The maximum absolute atomic E-state index is 12.5. The van der Waals surface area contributed by atoms with Crippen LogP contribution in [0.15, 0.2) is 29.3 Å². The van der Waals surface area contributed by atoms with Crippen molar-refractivity contribution in [1.29, 1.82) is 0 Å². The van der Waals surface area contributed by atoms with Gasteiger partial charge in [0.25, 0.3) is 0 Å². The molecule has 0 radical (unpaired) electrons. The van der Waals surface area contributed by atoms with E-state index in [0.29, 0.717) is 18.4 Å². The highest BCUT2D eigenvalue weighted by atomic mass is 127. The number of hydrogen-bond donors (Lipinski definition) is 2. The molecule has 4 nitrogen and oxygen atoms in total. The number of nitrogens with two attached hydrogens (primary N) is 1. The summed E-state index contributed by atoms with van der Waals surface area (Å²) in [6, 6.07) is 4.80. The summed E-state index contributed by atoms with van der Waals surface area (Å²) in [7, 11) is 0. The summed E-state index contributed by atoms with van der Waals surface area (Å²) < 4.78 is 42.9. The Bertz CT molecular complexity index is 519. The van der Waals surface area contributed by atoms with Gasteiger partial charge in [0.1, 0.15) is 12.4 Å². The molecule has 0 amide bonds. The molecule has 0 heterocycles. The van der Waals surface area contributed by atoms with Gasteiger partial charge in [-0.25, -0.2) is 0 Å². The molecule has 0 unspecified atom stereocenters. The number of rotatable bonds is 6. The summed E-state index contributed by atoms with van der Waals surface area (Å²) in [6.07, 6.45) is -0.695. The number of benzene rings is 1. The molecular formula is C15H21F3IN3O. The Morgan fingerprint density at radius 1 is 1.35 bits per heavy atom. The molecule has 1 aliphatic carbocycles. The van der Waals surface area contributed by atoms with Crippen molar-refractivity contribution < 1.29 is 17.9 Å². The predicted octanol–water partition coefficient (Wildman–Crippen LogP) is 3.41. The van der Waals surface area contributed by atoms with E-state index in [1.54, 1.807) is 0 Å². The molecule has 0 aromatic heterocycles. The van der Waals surface area contributed by atoms with E-state index in [2.05, 4.69) is 10.3 Å². The number of halogens is 4. The highest BCUT2D eigenvalue weighted by Crippen LogP contribution is 2.31. The molecular weight excluding hydrogens is 422 g/mol. The summed E-state index contributed by atoms with van der Waals surface area (Å²) in [5.41, 5.74) is 4.97. The van der Waals surface area contributed by atoms with Gasteiger partial charge in [0.15, 0.2) is 5.96 Å². The number of aliphatic imine (C=N–C) groups is 1. The molecule has 2 rings (SSSR count). The molecule has 0 spiro atoms. The topological polar surface area (TPSA) is 59.6 Å². The third-order valence-electron chi connectivity index (χ3n) is 3.58. The number of alkyl halides is 3. The van der Waals surface area contributed by atoms with Gasteiger partial charge in [0.05, 0.1) is 12.1 Å². The molecule has 23 heavy (non-hydrogen) atoms. The Morgan fingerprint density at radius 3 is 2.70 bits per heavy atom. The molecule has 8 heteroatoms. The lowest BCUT2D eigenvalue weighted by atomic mass is 9.86. The molecule has 130 valence electrons. The minimum atomic E-state index is -4.36. The first kappa shape index (κ1) is 19.9. The van der Waals surface area contributed by atoms with Crippen molar-refractivity contribution >= 4 is 29.9 Å². The number of nitrogens with zero attached hydrogens (tertiary/aromatic N) is 1. The van der Waals surface area contributed by atoms with E-state index in [0.717, 1.165) is 18.7 Å². The van der Waals surface area contributed by atoms with Gasteiger partial charge in [0, 0.05) is 6.54 Å². The summed E-state index contributed by atoms with van der Waals surface area (Å²) in [6.45, 7) is 1.32. The molecule has 0 bridgehead atoms. The number of guanidine groups is 1. The van der Waals surface area contributed by atoms with Gasteiger partial charge >= 0.3 is 6.18 Å². The first-order valence-electron chi connectivity index (χ1n) is 7.29. The van der Waals surface area contributed by atoms with E-state index in [1.807, 2.05) is 0 Å². The van der Waals surface area contributed by atoms with Crippen LogP contribution in [0, 0.1) is 5.92 Å². The Hall–Kier alpha value is -1.19. The van der Waals surface area contributed by atoms with Crippen LogP contribution in [0.4, 0.5) is 13.2 Å². The molecule has 0 atom stereocenters. The SMILES string of the molecule is I.NC(=NCC1CCC1)NCCOc1cccc(C(F)(F)F)c1. The molecule has 1 saturated carbocycles. The van der Waals surface area contributed by atoms with Gasteiger partial charge in [-0.15, -0.1) is 24.0 Å². The lowest BCUT2D eigenvalue weighted by Crippen LogP contribution is -2.35. The first-order valence-corrected chi connectivity index (χ1v) is 7.29. The van der Waals surface area contributed by atoms with Gasteiger partial charge in [-0.2, -0.15) is 13.2 Å². The third kappa shape index (κ3) is 6.84. The van der Waals surface area contributed by atoms with Crippen LogP contribution in [0.25, 0.3) is 0 Å². The van der Waals surface area contributed by atoms with Crippen molar-refractivity contribution in [2.24, 2.45) is 16.6 Å². The van der Waals surface area contributed by atoms with E-state index in [1.165, 1.54) is 31.4 Å². The second-order valence-electron chi connectivity index (χ2n) is 5.32. The number of nitrogens with one attached hydrogen (secondary N) is 1. The first-order chi connectivity index (χ1) is 10.4. The smallest absolute Gasteiger partial charge is 0.416 e. The van der Waals surface area contributed by atoms with Crippen LogP contribution in [0.3, 0.4) is 0 Å². The van der Waals surface area contributed by atoms with E-state index in [9.17, 15) is 13.2 Å². The van der Waals surface area contributed by atoms with E-state index < -0.39 is 11.7 Å². The maximum Gasteiger partial charge on any atom is 0.416 e. The van der Waals surface area contributed by atoms with Gasteiger partial charge in [0.2, 0.25) is 0 Å². The Kier molecular flexibility index (Phi) is 7.93. The van der Waals surface area contributed by atoms with E-state index in [4.69, 9.17) is 10.5 Å². The van der Waals surface area contributed by atoms with Crippen molar-refractivity contribution in [1.82, 2.24) is 5.32 Å². The molecule has 0 saturated heterocycles. The molecule has 1 aromatic carbocycles. The quantitative estimate of drug-likeness (QED) is 0.307. The molecule has 1 fully saturated rings. The Labute approximate surface area is 150 Å². The predicted molar refractivity (Wildman–Crippen MR) is 94.2 cm³/mol. The zero-order valence-corrected chi connectivity index (χ0v) is 14.9. The normalized spacial score (nSPS) is 15.5. The second kappa shape index (κ2) is 9.19. The lowest BCUT2D eigenvalue weighted by Gasteiger charge is -2.23. The van der Waals surface area contributed by atoms with Gasteiger partial charge < -0.3 is 15.8 Å². The average Bonchev–Trinajstić information content (AvgIpc) is 2.41. The summed E-state index contributed by atoms with van der Waals surface area (Å²) >= 11 is 0. The molecule has 0 aliphatic heterocycles. The van der Waals surface area contributed by atoms with Gasteiger partial charge in [-0.05, 0) is 37.0 Å². The third-order valence-corrected chi connectivity index (χ3v) is 3.58. The van der Waals surface area contributed by atoms with Crippen molar-refractivity contribution in [3.63, 3.8) is 0 Å². The minimum absolute atomic E-state index is 0. The van der Waals surface area contributed by atoms with Crippen LogP contribution in [0.1, 0.15) is 24.8 Å². The van der Waals surface area contributed by atoms with Crippen LogP contribution >= 0.6 is 24.0 Å². The summed E-state index contributed by atoms with van der Waals surface area (Å²) in [4.78, 5) is 4.22. The van der Waals surface area contributed by atoms with Crippen LogP contribution in [0.5, 0.6) is 5.75 Å². The van der Waals surface area contributed by atoms with Gasteiger partial charge in [-0.3, -0.25) is 4.99 Å². The minimum Gasteiger partial charge on any atom is -0.492 e. The van der Waals surface area contributed by atoms with Gasteiger partial charge in [-0.1, -0.05) is 12.5 Å². The maximum atomic E-state index is 12.5. The molecule has 3 N–H and O–H groups in total. The van der Waals surface area contributed by atoms with Crippen LogP contribution < -0.4 is 15.8 Å². The zero-order valence-electron chi connectivity index (χ0n) is 12.6. The van der Waals surface area contributed by atoms with Crippen LogP contribution in [-0.4, -0.2) is 25.7 Å². The zero-order chi connectivity index (χ0) is 16.0. The standard InChI is InChI=1S/C15H20F3N3O.HI/c16-15(17,18)12-5-2-6-13(9-12)22-8-7-20-14(19)21-10-11-3-1-4-11;/h2,5-6,9,11H,1,3-4,7-8,10H2,(H3,19,20,21);1H. The van der Waals surface area contributed by atoms with Crippen molar-refractivity contribution in [3.8, 4) is 5.75 Å². The van der Waals surface area contributed by atoms with Crippen LogP contribution in [0.2, 0.25) is 0 Å². The van der Waals surface area contributed by atoms with Crippen molar-refractivity contribution in [2.45, 2.75) is 25.4 Å². The largest absolute Gasteiger partial charge is 0.492 e. The lowest BCUT2D eigenvalue weighted by molar-refractivity contribution is -0.137. The fourth-order valence-corrected chi connectivity index (χ4v) is 2.07. The van der Waals surface area contributed by atoms with Crippen LogP contribution in [-0.2, 0) is 6.18 Å². The van der Waals surface area contributed by atoms with E-state index >= 15 is 0 Å².